The normalized spacial score (nSPS) is 10.5. The van der Waals surface area contributed by atoms with Gasteiger partial charge < -0.3 is 0 Å². The van der Waals surface area contributed by atoms with Gasteiger partial charge in [-0.2, -0.15) is 0 Å². The Balaban J connectivity index is 2.48. The molecule has 110 valence electrons. The number of hydrogen-bond donors (Lipinski definition) is 0. The maximum atomic E-state index is 13.2. The Bertz CT molecular complexity index is 732. The topological polar surface area (TPSA) is 0 Å². The average molecular weight is 290 g/mol. The van der Waals surface area contributed by atoms with Gasteiger partial charge in [0.2, 0.25) is 0 Å². The summed E-state index contributed by atoms with van der Waals surface area (Å²) in [6.45, 7) is 4.21. The number of hydrogen-bond acceptors (Lipinski definition) is 0. The van der Waals surface area contributed by atoms with E-state index in [1.165, 1.54) is 12.1 Å². The molecule has 0 atom stereocenters. The van der Waals surface area contributed by atoms with E-state index in [2.05, 4.69) is 31.6 Å². The van der Waals surface area contributed by atoms with Crippen LogP contribution in [0.2, 0.25) is 0 Å². The molecule has 0 aromatic heterocycles. The second-order valence-electron chi connectivity index (χ2n) is 5.24. The third-order valence-electron chi connectivity index (χ3n) is 4.12. The Labute approximate surface area is 132 Å². The summed E-state index contributed by atoms with van der Waals surface area (Å²) < 4.78 is 13.2. The van der Waals surface area contributed by atoms with E-state index in [1.54, 1.807) is 0 Å². The van der Waals surface area contributed by atoms with Crippen LogP contribution in [0.3, 0.4) is 0 Å². The van der Waals surface area contributed by atoms with Gasteiger partial charge in [-0.1, -0.05) is 55.9 Å². The van der Waals surface area contributed by atoms with Crippen LogP contribution in [0.5, 0.6) is 0 Å². The maximum Gasteiger partial charge on any atom is 0.123 e. The Morgan fingerprint density at radius 3 is 2.09 bits per heavy atom. The molecular weight excluding hydrogens is 271 g/mol. The Hall–Kier alpha value is -2.51. The van der Waals surface area contributed by atoms with Gasteiger partial charge in [-0.15, -0.1) is 6.42 Å². The summed E-state index contributed by atoms with van der Waals surface area (Å²) >= 11 is 0. The minimum Gasteiger partial charge on any atom is -0.207 e. The van der Waals surface area contributed by atoms with Crippen molar-refractivity contribution in [2.45, 2.75) is 32.1 Å². The van der Waals surface area contributed by atoms with Crippen LogP contribution >= 0.6 is 0 Å². The van der Waals surface area contributed by atoms with Gasteiger partial charge in [-0.25, -0.2) is 4.39 Å². The average Bonchev–Trinajstić information content (AvgIpc) is 2.58. The summed E-state index contributed by atoms with van der Waals surface area (Å²) in [6, 6.07) is 14.3. The first-order chi connectivity index (χ1) is 10.6. The van der Waals surface area contributed by atoms with E-state index in [0.29, 0.717) is 0 Å². The molecule has 0 N–H and O–H groups in total. The molecule has 0 bridgehead atoms. The monoisotopic (exact) mass is 290 g/mol. The predicted octanol–water partition coefficient (Wildman–Crippen LogP) is 4.92. The van der Waals surface area contributed by atoms with Crippen LogP contribution in [0.25, 0.3) is 0 Å². The van der Waals surface area contributed by atoms with Crippen molar-refractivity contribution in [2.24, 2.45) is 0 Å². The zero-order valence-corrected chi connectivity index (χ0v) is 13.0. The highest BCUT2D eigenvalue weighted by Gasteiger charge is 2.26. The molecule has 0 radical (unpaired) electrons. The molecule has 0 aliphatic rings. The lowest BCUT2D eigenvalue weighted by atomic mass is 9.76. The van der Waals surface area contributed by atoms with Crippen molar-refractivity contribution in [2.75, 3.05) is 0 Å². The predicted molar refractivity (Wildman–Crippen MR) is 89.9 cm³/mol. The minimum atomic E-state index is -0.282. The highest BCUT2D eigenvalue weighted by atomic mass is 19.1. The Morgan fingerprint density at radius 2 is 1.55 bits per heavy atom. The fourth-order valence-corrected chi connectivity index (χ4v) is 2.58. The second-order valence-corrected chi connectivity index (χ2v) is 5.24. The van der Waals surface area contributed by atoms with E-state index in [9.17, 15) is 4.39 Å². The summed E-state index contributed by atoms with van der Waals surface area (Å²) in [5, 5.41) is 0. The standard InChI is InChI=1S/C21H19F/c1-4-17-9-7-8-10-18(17)15-16-21(5-2,6-3)19-11-13-20(22)14-12-19/h1,7-14H,5-6H2,2-3H3. The number of benzene rings is 2. The molecule has 0 amide bonds. The molecule has 0 spiro atoms. The van der Waals surface area contributed by atoms with Crippen molar-refractivity contribution in [3.05, 3.63) is 71.0 Å². The minimum absolute atomic E-state index is 0.226. The third-order valence-corrected chi connectivity index (χ3v) is 4.12. The zero-order valence-electron chi connectivity index (χ0n) is 13.0. The molecular formula is C21H19F. The molecule has 0 fully saturated rings. The summed E-state index contributed by atoms with van der Waals surface area (Å²) in [5.41, 5.74) is 2.42. The van der Waals surface area contributed by atoms with Gasteiger partial charge >= 0.3 is 0 Å². The summed E-state index contributed by atoms with van der Waals surface area (Å²) in [5.74, 6) is 9.06. The van der Waals surface area contributed by atoms with Crippen molar-refractivity contribution in [1.29, 1.82) is 0 Å². The van der Waals surface area contributed by atoms with Crippen molar-refractivity contribution in [3.8, 4) is 24.2 Å². The van der Waals surface area contributed by atoms with Gasteiger partial charge in [0.05, 0.1) is 5.41 Å². The largest absolute Gasteiger partial charge is 0.207 e. The summed E-state index contributed by atoms with van der Waals surface area (Å²) in [4.78, 5) is 0. The van der Waals surface area contributed by atoms with Crippen molar-refractivity contribution < 1.29 is 4.39 Å². The van der Waals surface area contributed by atoms with Gasteiger partial charge in [0.15, 0.2) is 0 Å². The lowest BCUT2D eigenvalue weighted by Gasteiger charge is -2.26. The zero-order chi connectivity index (χ0) is 16.0. The number of rotatable bonds is 3. The van der Waals surface area contributed by atoms with Crippen LogP contribution in [0, 0.1) is 30.0 Å². The highest BCUT2D eigenvalue weighted by molar-refractivity contribution is 5.51. The highest BCUT2D eigenvalue weighted by Crippen LogP contribution is 2.31. The van der Waals surface area contributed by atoms with Crippen LogP contribution in [-0.2, 0) is 5.41 Å². The molecule has 0 aliphatic heterocycles. The Morgan fingerprint density at radius 1 is 0.955 bits per heavy atom. The van der Waals surface area contributed by atoms with E-state index < -0.39 is 0 Å². The van der Waals surface area contributed by atoms with Gasteiger partial charge in [0, 0.05) is 11.1 Å². The molecule has 0 aliphatic carbocycles. The lowest BCUT2D eigenvalue weighted by molar-refractivity contribution is 0.515. The molecule has 0 unspecified atom stereocenters. The maximum absolute atomic E-state index is 13.2. The fourth-order valence-electron chi connectivity index (χ4n) is 2.58. The first-order valence-corrected chi connectivity index (χ1v) is 7.50. The van der Waals surface area contributed by atoms with Crippen LogP contribution in [0.1, 0.15) is 43.4 Å². The van der Waals surface area contributed by atoms with Gasteiger partial charge in [-0.05, 0) is 42.7 Å². The first-order valence-electron chi connectivity index (χ1n) is 7.50. The lowest BCUT2D eigenvalue weighted by Crippen LogP contribution is -2.22. The molecule has 0 saturated carbocycles. The van der Waals surface area contributed by atoms with Crippen LogP contribution in [0.4, 0.5) is 4.39 Å². The Kier molecular flexibility index (Phi) is 5.03. The summed E-state index contributed by atoms with van der Waals surface area (Å²) in [7, 11) is 0. The van der Waals surface area contributed by atoms with Crippen molar-refractivity contribution >= 4 is 0 Å². The van der Waals surface area contributed by atoms with Gasteiger partial charge in [0.1, 0.15) is 5.82 Å². The van der Waals surface area contributed by atoms with Crippen LogP contribution in [0.15, 0.2) is 48.5 Å². The van der Waals surface area contributed by atoms with Gasteiger partial charge in [0.25, 0.3) is 0 Å². The summed E-state index contributed by atoms with van der Waals surface area (Å²) in [6.07, 6.45) is 7.25. The van der Waals surface area contributed by atoms with Gasteiger partial charge in [-0.3, -0.25) is 0 Å². The fraction of sp³-hybridized carbons (Fsp3) is 0.238. The number of terminal acetylenes is 1. The smallest absolute Gasteiger partial charge is 0.123 e. The molecule has 22 heavy (non-hydrogen) atoms. The van der Waals surface area contributed by atoms with E-state index in [-0.39, 0.29) is 11.2 Å². The van der Waals surface area contributed by atoms with E-state index in [0.717, 1.165) is 29.5 Å². The SMILES string of the molecule is C#Cc1ccccc1C#CC(CC)(CC)c1ccc(F)cc1. The quantitative estimate of drug-likeness (QED) is 0.704. The van der Waals surface area contributed by atoms with Crippen LogP contribution < -0.4 is 0 Å². The number of halogens is 1. The van der Waals surface area contributed by atoms with E-state index >= 15 is 0 Å². The van der Waals surface area contributed by atoms with Crippen molar-refractivity contribution in [1.82, 2.24) is 0 Å². The molecule has 1 heteroatoms. The molecule has 0 saturated heterocycles. The van der Waals surface area contributed by atoms with E-state index in [4.69, 9.17) is 6.42 Å². The molecule has 2 aromatic carbocycles. The van der Waals surface area contributed by atoms with Crippen molar-refractivity contribution in [3.63, 3.8) is 0 Å². The first kappa shape index (κ1) is 15.9. The molecule has 2 aromatic rings. The molecule has 0 heterocycles. The molecule has 0 nitrogen and oxygen atoms in total. The third kappa shape index (κ3) is 3.21. The van der Waals surface area contributed by atoms with Crippen LogP contribution in [-0.4, -0.2) is 0 Å². The molecule has 2 rings (SSSR count). The second kappa shape index (κ2) is 6.97. The van der Waals surface area contributed by atoms with E-state index in [1.807, 2.05) is 36.4 Å².